The van der Waals surface area contributed by atoms with Gasteiger partial charge in [-0.1, -0.05) is 20.8 Å². The standard InChI is InChI=1S/C38H71N3O9/c1-14-28-37(11,45)31(43)26(6)40(12)21-22(2)20-36(10)32(48-34-29(42)27(19-23(3)46-34)41(13)35(7,8)9)24(4)30(25(5)33(44)47-28)49-38(50-36)15-17-39-18-16-38/h22-32,34,39,42-43,45H,14-21H2,1-13H3/t22-,23-,24+,25-,26-,27+,28-,29-,30+,31-,32-,34+,36+,37-/m1/s1. The fourth-order valence-corrected chi connectivity index (χ4v) is 9.10. The number of aliphatic hydroxyl groups is 3. The fraction of sp³-hybridized carbons (Fsp3) is 0.974. The molecule has 0 unspecified atom stereocenters. The number of rotatable bonds is 4. The Balaban J connectivity index is 1.84. The van der Waals surface area contributed by atoms with Crippen LogP contribution >= 0.6 is 0 Å². The summed E-state index contributed by atoms with van der Waals surface area (Å²) in [7, 11) is 3.97. The number of hydrogen-bond acceptors (Lipinski definition) is 12. The van der Waals surface area contributed by atoms with Gasteiger partial charge < -0.3 is 49.2 Å². The Bertz CT molecular complexity index is 1130. The smallest absolute Gasteiger partial charge is 0.311 e. The largest absolute Gasteiger partial charge is 0.459 e. The Hall–Kier alpha value is -0.930. The molecule has 14 atom stereocenters. The van der Waals surface area contributed by atoms with E-state index in [9.17, 15) is 20.1 Å². The van der Waals surface area contributed by atoms with Crippen molar-refractivity contribution in [2.24, 2.45) is 17.8 Å². The Morgan fingerprint density at radius 2 is 1.70 bits per heavy atom. The maximum atomic E-state index is 14.1. The van der Waals surface area contributed by atoms with Crippen LogP contribution in [0.4, 0.5) is 0 Å². The van der Waals surface area contributed by atoms with Crippen LogP contribution in [0, 0.1) is 17.8 Å². The molecule has 4 aliphatic heterocycles. The molecule has 4 saturated heterocycles. The third-order valence-electron chi connectivity index (χ3n) is 12.4. The average Bonchev–Trinajstić information content (AvgIpc) is 3.10. The maximum Gasteiger partial charge on any atom is 0.311 e. The van der Waals surface area contributed by atoms with Crippen LogP contribution in [0.15, 0.2) is 0 Å². The molecule has 4 N–H and O–H groups in total. The van der Waals surface area contributed by atoms with E-state index in [4.69, 9.17) is 23.7 Å². The third kappa shape index (κ3) is 8.71. The van der Waals surface area contributed by atoms with Crippen molar-refractivity contribution in [3.63, 3.8) is 0 Å². The maximum absolute atomic E-state index is 14.1. The van der Waals surface area contributed by atoms with E-state index in [0.29, 0.717) is 51.7 Å². The summed E-state index contributed by atoms with van der Waals surface area (Å²) in [6, 6.07) is -0.640. The van der Waals surface area contributed by atoms with Gasteiger partial charge in [0.2, 0.25) is 0 Å². The summed E-state index contributed by atoms with van der Waals surface area (Å²) in [5.74, 6) is -2.62. The Labute approximate surface area is 301 Å². The van der Waals surface area contributed by atoms with E-state index in [1.807, 2.05) is 46.7 Å². The lowest BCUT2D eigenvalue weighted by molar-refractivity contribution is -0.329. The van der Waals surface area contributed by atoms with Crippen LogP contribution in [0.2, 0.25) is 0 Å². The van der Waals surface area contributed by atoms with E-state index in [1.54, 1.807) is 13.8 Å². The molecule has 0 saturated carbocycles. The van der Waals surface area contributed by atoms with Gasteiger partial charge in [0, 0.05) is 56.0 Å². The molecule has 50 heavy (non-hydrogen) atoms. The summed E-state index contributed by atoms with van der Waals surface area (Å²) in [5.41, 5.74) is -2.81. The van der Waals surface area contributed by atoms with Gasteiger partial charge in [-0.05, 0) is 94.7 Å². The quantitative estimate of drug-likeness (QED) is 0.318. The van der Waals surface area contributed by atoms with Crippen molar-refractivity contribution >= 4 is 5.97 Å². The SMILES string of the molecule is CC[C@H]1OC(=O)[C@H](C)[C@H]2OC3(CCNCC3)O[C@@](C)(C[C@@H](C)CN(C)[C@H](C)[C@@H](O)[C@]1(C)O)[C@H](O[C@@H]1O[C@H](C)C[C@H](N(C)C(C)(C)C)[C@H]1O)[C@H]2C. The number of likely N-dealkylation sites (N-methyl/N-ethyl adjacent to an activating group) is 2. The first-order valence-electron chi connectivity index (χ1n) is 19.2. The number of nitrogens with zero attached hydrogens (tertiary/aromatic N) is 2. The molecule has 0 amide bonds. The highest BCUT2D eigenvalue weighted by atomic mass is 16.7. The lowest BCUT2D eigenvalue weighted by atomic mass is 9.78. The van der Waals surface area contributed by atoms with Crippen LogP contribution in [-0.4, -0.2) is 142 Å². The summed E-state index contributed by atoms with van der Waals surface area (Å²) < 4.78 is 33.9. The lowest BCUT2D eigenvalue weighted by Crippen LogP contribution is -2.62. The van der Waals surface area contributed by atoms with Crippen LogP contribution in [0.5, 0.6) is 0 Å². The van der Waals surface area contributed by atoms with Crippen LogP contribution in [0.3, 0.4) is 0 Å². The van der Waals surface area contributed by atoms with Gasteiger partial charge in [-0.25, -0.2) is 0 Å². The van der Waals surface area contributed by atoms with Gasteiger partial charge >= 0.3 is 5.97 Å². The predicted octanol–water partition coefficient (Wildman–Crippen LogP) is 3.29. The van der Waals surface area contributed by atoms with Crippen molar-refractivity contribution in [1.82, 2.24) is 15.1 Å². The molecule has 0 aromatic rings. The number of ether oxygens (including phenoxy) is 5. The first kappa shape index (κ1) is 41.8. The second kappa shape index (κ2) is 15.8. The molecule has 0 aromatic heterocycles. The highest BCUT2D eigenvalue weighted by Crippen LogP contribution is 2.47. The zero-order chi connectivity index (χ0) is 37.6. The molecule has 4 aliphatic rings. The Morgan fingerprint density at radius 3 is 2.28 bits per heavy atom. The van der Waals surface area contributed by atoms with Crippen molar-refractivity contribution in [1.29, 1.82) is 0 Å². The minimum atomic E-state index is -1.69. The molecule has 1 spiro atoms. The van der Waals surface area contributed by atoms with Gasteiger partial charge in [0.1, 0.15) is 23.9 Å². The number of piperidine rings is 1. The lowest BCUT2D eigenvalue weighted by Gasteiger charge is -2.50. The highest BCUT2D eigenvalue weighted by molar-refractivity contribution is 5.73. The number of fused-ring (bicyclic) bond motifs is 3. The van der Waals surface area contributed by atoms with Gasteiger partial charge in [0.05, 0.1) is 29.8 Å². The molecule has 2 bridgehead atoms. The summed E-state index contributed by atoms with van der Waals surface area (Å²) in [6.45, 7) is 23.7. The van der Waals surface area contributed by atoms with Crippen LogP contribution in [-0.2, 0) is 28.5 Å². The number of carbonyl (C=O) groups is 1. The normalized spacial score (nSPS) is 45.9. The first-order chi connectivity index (χ1) is 23.1. The van der Waals surface area contributed by atoms with Crippen LogP contribution < -0.4 is 5.32 Å². The highest BCUT2D eigenvalue weighted by Gasteiger charge is 2.58. The number of cyclic esters (lactones) is 1. The second-order valence-corrected chi connectivity index (χ2v) is 17.7. The molecular weight excluding hydrogens is 642 g/mol. The minimum absolute atomic E-state index is 0.0523. The topological polar surface area (TPSA) is 142 Å². The summed E-state index contributed by atoms with van der Waals surface area (Å²) in [6.07, 6.45) is -2.79. The van der Waals surface area contributed by atoms with E-state index in [0.717, 1.165) is 0 Å². The molecule has 0 radical (unpaired) electrons. The van der Waals surface area contributed by atoms with E-state index in [-0.39, 0.29) is 23.6 Å². The van der Waals surface area contributed by atoms with E-state index in [2.05, 4.69) is 44.8 Å². The molecule has 292 valence electrons. The Morgan fingerprint density at radius 1 is 1.08 bits per heavy atom. The molecular formula is C38H71N3O9. The molecule has 4 fully saturated rings. The van der Waals surface area contributed by atoms with Crippen molar-refractivity contribution in [2.45, 2.75) is 186 Å². The number of aliphatic hydroxyl groups excluding tert-OH is 2. The molecule has 4 heterocycles. The van der Waals surface area contributed by atoms with Crippen LogP contribution in [0.1, 0.15) is 108 Å². The zero-order valence-electron chi connectivity index (χ0n) is 33.3. The third-order valence-corrected chi connectivity index (χ3v) is 12.4. The summed E-state index contributed by atoms with van der Waals surface area (Å²) in [4.78, 5) is 18.4. The monoisotopic (exact) mass is 714 g/mol. The van der Waals surface area contributed by atoms with E-state index in [1.165, 1.54) is 0 Å². The average molecular weight is 714 g/mol. The van der Waals surface area contributed by atoms with Crippen molar-refractivity contribution in [3.8, 4) is 0 Å². The van der Waals surface area contributed by atoms with Crippen molar-refractivity contribution in [3.05, 3.63) is 0 Å². The molecule has 12 heteroatoms. The van der Waals surface area contributed by atoms with Gasteiger partial charge in [-0.2, -0.15) is 0 Å². The number of hydrogen-bond donors (Lipinski definition) is 4. The van der Waals surface area contributed by atoms with Gasteiger partial charge in [0.15, 0.2) is 12.1 Å². The fourth-order valence-electron chi connectivity index (χ4n) is 9.10. The van der Waals surface area contributed by atoms with Crippen LogP contribution in [0.25, 0.3) is 0 Å². The summed E-state index contributed by atoms with van der Waals surface area (Å²) in [5, 5.41) is 38.5. The first-order valence-corrected chi connectivity index (χ1v) is 19.2. The van der Waals surface area contributed by atoms with Gasteiger partial charge in [-0.15, -0.1) is 0 Å². The zero-order valence-corrected chi connectivity index (χ0v) is 33.3. The molecule has 12 nitrogen and oxygen atoms in total. The predicted molar refractivity (Wildman–Crippen MR) is 191 cm³/mol. The van der Waals surface area contributed by atoms with Gasteiger partial charge in [-0.3, -0.25) is 9.69 Å². The number of esters is 1. The molecule has 0 aromatic carbocycles. The molecule has 4 rings (SSSR count). The van der Waals surface area contributed by atoms with E-state index >= 15 is 0 Å². The summed E-state index contributed by atoms with van der Waals surface area (Å²) >= 11 is 0. The van der Waals surface area contributed by atoms with Gasteiger partial charge in [0.25, 0.3) is 0 Å². The van der Waals surface area contributed by atoms with Crippen molar-refractivity contribution < 1.29 is 43.8 Å². The Kier molecular flexibility index (Phi) is 13.2. The number of carbonyl (C=O) groups excluding carboxylic acids is 1. The minimum Gasteiger partial charge on any atom is -0.459 e. The van der Waals surface area contributed by atoms with Crippen molar-refractivity contribution in [2.75, 3.05) is 33.7 Å². The van der Waals surface area contributed by atoms with E-state index < -0.39 is 77.6 Å². The number of nitrogens with one attached hydrogen (secondary N) is 1. The second-order valence-electron chi connectivity index (χ2n) is 17.7. The molecule has 0 aliphatic carbocycles.